The van der Waals surface area contributed by atoms with E-state index in [9.17, 15) is 9.59 Å². The van der Waals surface area contributed by atoms with Crippen LogP contribution in [0.15, 0.2) is 24.3 Å². The number of hydrogen-bond donors (Lipinski definition) is 2. The number of ether oxygens (including phenoxy) is 1. The molecule has 0 aliphatic rings. The molecule has 6 heteroatoms. The number of aliphatic hydroxyl groups excluding tert-OH is 1. The Morgan fingerprint density at radius 3 is 2.33 bits per heavy atom. The maximum absolute atomic E-state index is 11.5. The number of carbonyl (C=O) groups is 2. The van der Waals surface area contributed by atoms with Gasteiger partial charge in [-0.25, -0.2) is 4.79 Å². The van der Waals surface area contributed by atoms with Gasteiger partial charge >= 0.3 is 5.97 Å². The van der Waals surface area contributed by atoms with Gasteiger partial charge in [0.25, 0.3) is 0 Å². The van der Waals surface area contributed by atoms with Crippen LogP contribution in [0.2, 0.25) is 0 Å². The van der Waals surface area contributed by atoms with Crippen molar-refractivity contribution in [3.05, 3.63) is 35.4 Å². The van der Waals surface area contributed by atoms with Crippen LogP contribution in [-0.4, -0.2) is 37.9 Å². The van der Waals surface area contributed by atoms with E-state index in [1.54, 1.807) is 12.1 Å². The van der Waals surface area contributed by atoms with E-state index >= 15 is 0 Å². The molecule has 5 nitrogen and oxygen atoms in total. The summed E-state index contributed by atoms with van der Waals surface area (Å²) in [4.78, 5) is 22.5. The van der Waals surface area contributed by atoms with Crippen molar-refractivity contribution in [1.29, 1.82) is 0 Å². The molecule has 0 fully saturated rings. The summed E-state index contributed by atoms with van der Waals surface area (Å²) in [5.74, 6) is -0.756. The number of esters is 1. The van der Waals surface area contributed by atoms with Crippen LogP contribution < -0.4 is 5.32 Å². The molecule has 1 aromatic rings. The Bertz CT molecular complexity index is 419. The van der Waals surface area contributed by atoms with Gasteiger partial charge in [0.15, 0.2) is 5.81 Å². The standard InChI is InChI=1S/C12H16BNO4/c1-18-11(16)10(14-12(13)17)6-8-2-4-9(7-15)5-3-8/h2-5,10,15H,6-7,13H2,1H3,(H,14,17). The zero-order chi connectivity index (χ0) is 13.5. The van der Waals surface area contributed by atoms with Gasteiger partial charge < -0.3 is 15.2 Å². The Balaban J connectivity index is 2.75. The number of carbonyl (C=O) groups excluding carboxylic acids is 2. The van der Waals surface area contributed by atoms with E-state index in [1.165, 1.54) is 15.0 Å². The summed E-state index contributed by atoms with van der Waals surface area (Å²) in [6.07, 6.45) is 0.359. The second kappa shape index (κ2) is 6.81. The zero-order valence-electron chi connectivity index (χ0n) is 10.5. The minimum Gasteiger partial charge on any atom is -0.467 e. The average molecular weight is 249 g/mol. The van der Waals surface area contributed by atoms with Gasteiger partial charge in [-0.05, 0) is 11.1 Å². The Labute approximate surface area is 107 Å². The van der Waals surface area contributed by atoms with Crippen molar-refractivity contribution in [2.24, 2.45) is 0 Å². The molecular weight excluding hydrogens is 233 g/mol. The highest BCUT2D eigenvalue weighted by Gasteiger charge is 2.20. The van der Waals surface area contributed by atoms with E-state index in [1.807, 2.05) is 12.1 Å². The summed E-state index contributed by atoms with van der Waals surface area (Å²) in [7, 11) is 2.64. The fourth-order valence-electron chi connectivity index (χ4n) is 1.60. The van der Waals surface area contributed by atoms with Crippen LogP contribution in [0.1, 0.15) is 11.1 Å². The van der Waals surface area contributed by atoms with Crippen LogP contribution in [0.25, 0.3) is 0 Å². The number of methoxy groups -OCH3 is 1. The molecule has 96 valence electrons. The van der Waals surface area contributed by atoms with Crippen LogP contribution in [0.4, 0.5) is 4.79 Å². The monoisotopic (exact) mass is 249 g/mol. The molecule has 2 N–H and O–H groups in total. The molecule has 0 saturated carbocycles. The average Bonchev–Trinajstić information content (AvgIpc) is 2.37. The van der Waals surface area contributed by atoms with Crippen molar-refractivity contribution in [2.75, 3.05) is 7.11 Å². The molecule has 0 aliphatic heterocycles. The molecular formula is C12H16BNO4. The molecule has 0 aromatic heterocycles. The van der Waals surface area contributed by atoms with Crippen LogP contribution in [0.5, 0.6) is 0 Å². The maximum atomic E-state index is 11.5. The molecule has 1 amide bonds. The SMILES string of the molecule is BC(=O)NC(Cc1ccc(CO)cc1)C(=O)OC. The molecule has 0 heterocycles. The topological polar surface area (TPSA) is 75.6 Å². The van der Waals surface area contributed by atoms with Crippen LogP contribution >= 0.6 is 0 Å². The van der Waals surface area contributed by atoms with Gasteiger partial charge in [-0.2, -0.15) is 0 Å². The minimum atomic E-state index is -0.688. The van der Waals surface area contributed by atoms with Crippen molar-refractivity contribution in [3.8, 4) is 0 Å². The Morgan fingerprint density at radius 1 is 1.33 bits per heavy atom. The summed E-state index contributed by atoms with van der Waals surface area (Å²) in [6.45, 7) is -0.0214. The van der Waals surface area contributed by atoms with Crippen molar-refractivity contribution >= 4 is 19.6 Å². The number of hydrogen-bond acceptors (Lipinski definition) is 4. The smallest absolute Gasteiger partial charge is 0.328 e. The molecule has 0 radical (unpaired) electrons. The Hall–Kier alpha value is -1.82. The number of nitrogens with one attached hydrogen (secondary N) is 1. The lowest BCUT2D eigenvalue weighted by atomic mass is 10.0. The van der Waals surface area contributed by atoms with Gasteiger partial charge in [0.1, 0.15) is 6.04 Å². The predicted molar refractivity (Wildman–Crippen MR) is 68.9 cm³/mol. The van der Waals surface area contributed by atoms with Crippen molar-refractivity contribution in [2.45, 2.75) is 19.1 Å². The fourth-order valence-corrected chi connectivity index (χ4v) is 1.60. The Morgan fingerprint density at radius 2 is 1.89 bits per heavy atom. The van der Waals surface area contributed by atoms with Crippen molar-refractivity contribution in [3.63, 3.8) is 0 Å². The Kier molecular flexibility index (Phi) is 5.39. The van der Waals surface area contributed by atoms with Crippen LogP contribution in [0, 0.1) is 0 Å². The third kappa shape index (κ3) is 4.22. The lowest BCUT2D eigenvalue weighted by molar-refractivity contribution is -0.142. The van der Waals surface area contributed by atoms with Gasteiger partial charge in [0.05, 0.1) is 13.7 Å². The first-order valence-corrected chi connectivity index (χ1v) is 5.60. The van der Waals surface area contributed by atoms with E-state index < -0.39 is 12.0 Å². The van der Waals surface area contributed by atoms with Gasteiger partial charge in [-0.15, -0.1) is 0 Å². The second-order valence-electron chi connectivity index (χ2n) is 3.96. The molecule has 0 aliphatic carbocycles. The van der Waals surface area contributed by atoms with Gasteiger partial charge in [-0.1, -0.05) is 24.3 Å². The van der Waals surface area contributed by atoms with Crippen molar-refractivity contribution in [1.82, 2.24) is 5.32 Å². The quantitative estimate of drug-likeness (QED) is 0.550. The highest BCUT2D eigenvalue weighted by atomic mass is 16.5. The third-order valence-electron chi connectivity index (χ3n) is 2.51. The summed E-state index contributed by atoms with van der Waals surface area (Å²) in [5.41, 5.74) is 1.68. The molecule has 0 spiro atoms. The van der Waals surface area contributed by atoms with Crippen molar-refractivity contribution < 1.29 is 19.4 Å². The lowest BCUT2D eigenvalue weighted by Crippen LogP contribution is -2.42. The largest absolute Gasteiger partial charge is 0.467 e. The zero-order valence-corrected chi connectivity index (χ0v) is 10.5. The maximum Gasteiger partial charge on any atom is 0.328 e. The van der Waals surface area contributed by atoms with Crippen LogP contribution in [0.3, 0.4) is 0 Å². The molecule has 0 saturated heterocycles. The first kappa shape index (κ1) is 14.2. The normalized spacial score (nSPS) is 11.7. The number of rotatable bonds is 5. The van der Waals surface area contributed by atoms with E-state index in [0.717, 1.165) is 11.1 Å². The molecule has 1 aromatic carbocycles. The lowest BCUT2D eigenvalue weighted by Gasteiger charge is -2.15. The highest BCUT2D eigenvalue weighted by molar-refractivity contribution is 6.57. The molecule has 1 unspecified atom stereocenters. The summed E-state index contributed by atoms with van der Waals surface area (Å²) >= 11 is 0. The van der Waals surface area contributed by atoms with Gasteiger partial charge in [0, 0.05) is 6.42 Å². The number of benzene rings is 1. The van der Waals surface area contributed by atoms with Gasteiger partial charge in [0.2, 0.25) is 7.85 Å². The predicted octanol–water partition coefficient (Wildman–Crippen LogP) is -0.394. The molecule has 0 bridgehead atoms. The van der Waals surface area contributed by atoms with E-state index in [2.05, 4.69) is 10.1 Å². The van der Waals surface area contributed by atoms with E-state index in [0.29, 0.717) is 6.42 Å². The van der Waals surface area contributed by atoms with Gasteiger partial charge in [-0.3, -0.25) is 4.79 Å². The number of amides is 1. The second-order valence-corrected chi connectivity index (χ2v) is 3.96. The first-order valence-electron chi connectivity index (χ1n) is 5.60. The molecule has 1 rings (SSSR count). The van der Waals surface area contributed by atoms with E-state index in [-0.39, 0.29) is 12.4 Å². The number of aliphatic hydroxyl groups is 1. The van der Waals surface area contributed by atoms with Crippen LogP contribution in [-0.2, 0) is 22.6 Å². The summed E-state index contributed by atoms with van der Waals surface area (Å²) in [6, 6.07) is 6.48. The summed E-state index contributed by atoms with van der Waals surface area (Å²) in [5, 5.41) is 11.5. The first-order chi connectivity index (χ1) is 8.56. The van der Waals surface area contributed by atoms with E-state index in [4.69, 9.17) is 5.11 Å². The minimum absolute atomic E-state index is 0.0214. The molecule has 1 atom stereocenters. The molecule has 18 heavy (non-hydrogen) atoms. The fraction of sp³-hybridized carbons (Fsp3) is 0.333. The highest BCUT2D eigenvalue weighted by Crippen LogP contribution is 2.08. The third-order valence-corrected chi connectivity index (χ3v) is 2.51. The summed E-state index contributed by atoms with van der Waals surface area (Å²) < 4.78 is 4.64.